The fourth-order valence-corrected chi connectivity index (χ4v) is 3.83. The Hall–Kier alpha value is -1.72. The molecule has 1 N–H and O–H groups in total. The normalized spacial score (nSPS) is 28.2. The van der Waals surface area contributed by atoms with E-state index in [4.69, 9.17) is 14.2 Å². The van der Waals surface area contributed by atoms with Crippen LogP contribution in [0.1, 0.15) is 42.0 Å². The highest BCUT2D eigenvalue weighted by Crippen LogP contribution is 2.46. The van der Waals surface area contributed by atoms with Crippen molar-refractivity contribution in [3.63, 3.8) is 0 Å². The molecule has 4 rings (SSSR count). The minimum Gasteiger partial charge on any atom is -0.392 e. The van der Waals surface area contributed by atoms with E-state index in [1.165, 1.54) is 5.56 Å². The summed E-state index contributed by atoms with van der Waals surface area (Å²) in [6, 6.07) is 16.2. The van der Waals surface area contributed by atoms with Crippen LogP contribution in [0.15, 0.2) is 48.5 Å². The summed E-state index contributed by atoms with van der Waals surface area (Å²) in [5, 5.41) is 9.46. The lowest BCUT2D eigenvalue weighted by atomic mass is 9.91. The Balaban J connectivity index is 1.53. The molecule has 4 heteroatoms. The molecule has 0 aromatic heterocycles. The van der Waals surface area contributed by atoms with E-state index in [0.717, 1.165) is 23.1 Å². The molecule has 0 aliphatic carbocycles. The summed E-state index contributed by atoms with van der Waals surface area (Å²) in [5.41, 5.74) is 4.23. The molecule has 1 spiro atoms. The maximum atomic E-state index is 9.46. The number of ether oxygens (including phenoxy) is 3. The summed E-state index contributed by atoms with van der Waals surface area (Å²) in [5.74, 6) is -0.750. The molecule has 132 valence electrons. The van der Waals surface area contributed by atoms with Crippen molar-refractivity contribution in [2.75, 3.05) is 0 Å². The topological polar surface area (TPSA) is 47.9 Å². The van der Waals surface area contributed by atoms with Gasteiger partial charge in [-0.2, -0.15) is 0 Å². The molecule has 2 aliphatic rings. The molecule has 2 aromatic carbocycles. The van der Waals surface area contributed by atoms with Crippen LogP contribution >= 0.6 is 0 Å². The van der Waals surface area contributed by atoms with E-state index < -0.39 is 5.79 Å². The number of fused-ring (bicyclic) bond motifs is 2. The first-order valence-corrected chi connectivity index (χ1v) is 8.89. The smallest absolute Gasteiger partial charge is 0.198 e. The first kappa shape index (κ1) is 16.7. The zero-order valence-corrected chi connectivity index (χ0v) is 14.5. The molecule has 2 heterocycles. The van der Waals surface area contributed by atoms with Crippen molar-refractivity contribution >= 4 is 0 Å². The molecule has 0 saturated carbocycles. The number of aliphatic hydroxyl groups excluding tert-OH is 1. The van der Waals surface area contributed by atoms with Gasteiger partial charge in [0.25, 0.3) is 0 Å². The van der Waals surface area contributed by atoms with Gasteiger partial charge in [0.15, 0.2) is 5.79 Å². The quantitative estimate of drug-likeness (QED) is 0.923. The summed E-state index contributed by atoms with van der Waals surface area (Å²) < 4.78 is 18.6. The van der Waals surface area contributed by atoms with Gasteiger partial charge in [0.1, 0.15) is 0 Å². The molecule has 3 atom stereocenters. The summed E-state index contributed by atoms with van der Waals surface area (Å²) in [7, 11) is 0. The molecule has 1 fully saturated rings. The molecular formula is C21H24O4. The third-order valence-electron chi connectivity index (χ3n) is 5.04. The highest BCUT2D eigenvalue weighted by Gasteiger charge is 2.48. The van der Waals surface area contributed by atoms with E-state index in [1.807, 2.05) is 36.4 Å². The molecule has 25 heavy (non-hydrogen) atoms. The predicted molar refractivity (Wildman–Crippen MR) is 93.6 cm³/mol. The van der Waals surface area contributed by atoms with Crippen molar-refractivity contribution in [1.29, 1.82) is 0 Å². The van der Waals surface area contributed by atoms with Crippen LogP contribution in [0, 0.1) is 0 Å². The summed E-state index contributed by atoms with van der Waals surface area (Å²) in [6.07, 6.45) is 1.66. The zero-order chi connectivity index (χ0) is 17.3. The summed E-state index contributed by atoms with van der Waals surface area (Å²) in [4.78, 5) is 0. The fraction of sp³-hybridized carbons (Fsp3) is 0.429. The molecule has 2 unspecified atom stereocenters. The summed E-state index contributed by atoms with van der Waals surface area (Å²) >= 11 is 0. The van der Waals surface area contributed by atoms with E-state index in [-0.39, 0.29) is 18.8 Å². The maximum Gasteiger partial charge on any atom is 0.198 e. The molecule has 4 nitrogen and oxygen atoms in total. The van der Waals surface area contributed by atoms with Crippen LogP contribution in [0.4, 0.5) is 0 Å². The third-order valence-corrected chi connectivity index (χ3v) is 5.04. The van der Waals surface area contributed by atoms with Gasteiger partial charge in [-0.15, -0.1) is 0 Å². The second-order valence-electron chi connectivity index (χ2n) is 6.98. The van der Waals surface area contributed by atoms with Gasteiger partial charge in [-0.1, -0.05) is 42.5 Å². The van der Waals surface area contributed by atoms with E-state index in [9.17, 15) is 5.11 Å². The van der Waals surface area contributed by atoms with Gasteiger partial charge in [-0.25, -0.2) is 0 Å². The van der Waals surface area contributed by atoms with Crippen molar-refractivity contribution in [2.24, 2.45) is 0 Å². The van der Waals surface area contributed by atoms with Gasteiger partial charge in [0.05, 0.1) is 32.0 Å². The number of rotatable bonds is 4. The van der Waals surface area contributed by atoms with Gasteiger partial charge < -0.3 is 19.3 Å². The molecule has 2 aromatic rings. The Bertz CT molecular complexity index is 730. The number of benzene rings is 2. The van der Waals surface area contributed by atoms with Gasteiger partial charge in [0.2, 0.25) is 0 Å². The van der Waals surface area contributed by atoms with Crippen molar-refractivity contribution < 1.29 is 19.3 Å². The van der Waals surface area contributed by atoms with Crippen LogP contribution in [-0.2, 0) is 39.8 Å². The first-order chi connectivity index (χ1) is 12.2. The Labute approximate surface area is 148 Å². The molecule has 2 aliphatic heterocycles. The minimum absolute atomic E-state index is 0.0207. The zero-order valence-electron chi connectivity index (χ0n) is 14.5. The van der Waals surface area contributed by atoms with E-state index >= 15 is 0 Å². The van der Waals surface area contributed by atoms with Crippen molar-refractivity contribution in [3.8, 4) is 0 Å². The molecular weight excluding hydrogens is 316 g/mol. The number of hydrogen-bond donors (Lipinski definition) is 1. The van der Waals surface area contributed by atoms with Crippen molar-refractivity contribution in [1.82, 2.24) is 0 Å². The largest absolute Gasteiger partial charge is 0.392 e. The van der Waals surface area contributed by atoms with Crippen LogP contribution in [-0.4, -0.2) is 17.3 Å². The first-order valence-electron chi connectivity index (χ1n) is 8.89. The van der Waals surface area contributed by atoms with Crippen LogP contribution in [0.2, 0.25) is 0 Å². The molecule has 0 radical (unpaired) electrons. The van der Waals surface area contributed by atoms with E-state index in [1.54, 1.807) is 0 Å². The maximum absolute atomic E-state index is 9.46. The Morgan fingerprint density at radius 1 is 1.16 bits per heavy atom. The van der Waals surface area contributed by atoms with Crippen molar-refractivity contribution in [2.45, 2.75) is 57.6 Å². The average Bonchev–Trinajstić information content (AvgIpc) is 2.97. The van der Waals surface area contributed by atoms with Gasteiger partial charge in [-0.3, -0.25) is 0 Å². The lowest BCUT2D eigenvalue weighted by molar-refractivity contribution is -0.300. The predicted octanol–water partition coefficient (Wildman–Crippen LogP) is 3.65. The summed E-state index contributed by atoms with van der Waals surface area (Å²) in [6.45, 7) is 3.22. The lowest BCUT2D eigenvalue weighted by Gasteiger charge is -2.41. The fourth-order valence-electron chi connectivity index (χ4n) is 3.83. The lowest BCUT2D eigenvalue weighted by Crippen LogP contribution is -2.43. The SMILES string of the molecule is CC1CC(OCc2ccccc2)C[C@@]2(OCc3ccc(CO)cc32)O1. The minimum atomic E-state index is -0.750. The second kappa shape index (κ2) is 6.89. The number of aliphatic hydroxyl groups is 1. The Morgan fingerprint density at radius 2 is 2.00 bits per heavy atom. The highest BCUT2D eigenvalue weighted by atomic mass is 16.7. The third kappa shape index (κ3) is 3.35. The average molecular weight is 340 g/mol. The Kier molecular flexibility index (Phi) is 4.61. The second-order valence-corrected chi connectivity index (χ2v) is 6.98. The number of hydrogen-bond acceptors (Lipinski definition) is 4. The van der Waals surface area contributed by atoms with E-state index in [2.05, 4.69) is 19.1 Å². The molecule has 1 saturated heterocycles. The van der Waals surface area contributed by atoms with Gasteiger partial charge in [0, 0.05) is 12.0 Å². The van der Waals surface area contributed by atoms with Gasteiger partial charge >= 0.3 is 0 Å². The molecule has 0 bridgehead atoms. The van der Waals surface area contributed by atoms with E-state index in [0.29, 0.717) is 19.6 Å². The van der Waals surface area contributed by atoms with Gasteiger partial charge in [-0.05, 0) is 36.1 Å². The molecule has 0 amide bonds. The standard InChI is InChI=1S/C21H24O4/c1-15-9-19(23-13-16-5-3-2-4-6-16)11-21(25-15)20-10-17(12-22)7-8-18(20)14-24-21/h2-8,10,15,19,22H,9,11-14H2,1H3/t15?,19?,21-/m1/s1. The highest BCUT2D eigenvalue weighted by molar-refractivity contribution is 5.38. The van der Waals surface area contributed by atoms with Crippen LogP contribution in [0.25, 0.3) is 0 Å². The van der Waals surface area contributed by atoms with Crippen LogP contribution in [0.5, 0.6) is 0 Å². The van der Waals surface area contributed by atoms with Crippen LogP contribution < -0.4 is 0 Å². The van der Waals surface area contributed by atoms with Crippen molar-refractivity contribution in [3.05, 3.63) is 70.8 Å². The Morgan fingerprint density at radius 3 is 2.80 bits per heavy atom. The van der Waals surface area contributed by atoms with Crippen LogP contribution in [0.3, 0.4) is 0 Å². The monoisotopic (exact) mass is 340 g/mol.